The molecule has 1 aromatic carbocycles. The first-order valence-electron chi connectivity index (χ1n) is 7.49. The number of rotatable bonds is 4. The van der Waals surface area contributed by atoms with E-state index in [9.17, 15) is 9.59 Å². The van der Waals surface area contributed by atoms with Crippen molar-refractivity contribution >= 4 is 11.9 Å². The third-order valence-electron chi connectivity index (χ3n) is 3.65. The smallest absolute Gasteiger partial charge is 0.317 e. The lowest BCUT2D eigenvalue weighted by Crippen LogP contribution is -2.52. The van der Waals surface area contributed by atoms with E-state index in [1.165, 1.54) is 12.5 Å². The van der Waals surface area contributed by atoms with Crippen LogP contribution in [0.5, 0.6) is 0 Å². The summed E-state index contributed by atoms with van der Waals surface area (Å²) in [4.78, 5) is 25.0. The highest BCUT2D eigenvalue weighted by Crippen LogP contribution is 2.10. The van der Waals surface area contributed by atoms with Gasteiger partial charge in [0.2, 0.25) is 5.91 Å². The zero-order chi connectivity index (χ0) is 15.1. The molecule has 0 spiro atoms. The minimum atomic E-state index is -0.0408. The third kappa shape index (κ3) is 5.10. The Kier molecular flexibility index (Phi) is 5.60. The van der Waals surface area contributed by atoms with Crippen molar-refractivity contribution in [1.82, 2.24) is 15.5 Å². The van der Waals surface area contributed by atoms with Crippen molar-refractivity contribution < 1.29 is 9.59 Å². The van der Waals surface area contributed by atoms with Gasteiger partial charge in [0.25, 0.3) is 0 Å². The maximum absolute atomic E-state index is 12.1. The van der Waals surface area contributed by atoms with Crippen LogP contribution in [-0.2, 0) is 11.2 Å². The molecule has 114 valence electrons. The van der Waals surface area contributed by atoms with Gasteiger partial charge in [-0.15, -0.1) is 0 Å². The van der Waals surface area contributed by atoms with Crippen molar-refractivity contribution in [3.8, 4) is 0 Å². The maximum atomic E-state index is 12.1. The number of carbonyl (C=O) groups is 2. The Morgan fingerprint density at radius 2 is 2.05 bits per heavy atom. The van der Waals surface area contributed by atoms with E-state index in [0.717, 1.165) is 25.8 Å². The van der Waals surface area contributed by atoms with E-state index < -0.39 is 0 Å². The quantitative estimate of drug-likeness (QED) is 0.883. The molecule has 21 heavy (non-hydrogen) atoms. The van der Waals surface area contributed by atoms with Gasteiger partial charge in [-0.25, -0.2) is 4.79 Å². The average Bonchev–Trinajstić information content (AvgIpc) is 2.48. The van der Waals surface area contributed by atoms with Crippen LogP contribution in [0.25, 0.3) is 0 Å². The van der Waals surface area contributed by atoms with Crippen LogP contribution >= 0.6 is 0 Å². The van der Waals surface area contributed by atoms with Gasteiger partial charge in [-0.2, -0.15) is 0 Å². The van der Waals surface area contributed by atoms with Crippen molar-refractivity contribution in [3.63, 3.8) is 0 Å². The Bertz CT molecular complexity index is 476. The number of likely N-dealkylation sites (tertiary alicyclic amines) is 1. The van der Waals surface area contributed by atoms with Crippen LogP contribution in [0.15, 0.2) is 30.3 Å². The van der Waals surface area contributed by atoms with Crippen molar-refractivity contribution in [2.24, 2.45) is 0 Å². The molecule has 1 aliphatic rings. The van der Waals surface area contributed by atoms with Crippen molar-refractivity contribution in [2.45, 2.75) is 32.2 Å². The van der Waals surface area contributed by atoms with E-state index in [4.69, 9.17) is 0 Å². The fourth-order valence-electron chi connectivity index (χ4n) is 2.64. The average molecular weight is 289 g/mol. The Morgan fingerprint density at radius 3 is 2.76 bits per heavy atom. The van der Waals surface area contributed by atoms with Crippen molar-refractivity contribution in [2.75, 3.05) is 19.6 Å². The molecule has 1 atom stereocenters. The molecule has 0 saturated carbocycles. The summed E-state index contributed by atoms with van der Waals surface area (Å²) < 4.78 is 0. The highest BCUT2D eigenvalue weighted by molar-refractivity contribution is 5.75. The number of urea groups is 1. The molecule has 3 amide bonds. The molecular weight excluding hydrogens is 266 g/mol. The van der Waals surface area contributed by atoms with Gasteiger partial charge in [0, 0.05) is 32.6 Å². The van der Waals surface area contributed by atoms with Gasteiger partial charge in [-0.1, -0.05) is 30.3 Å². The summed E-state index contributed by atoms with van der Waals surface area (Å²) in [5.41, 5.74) is 1.22. The maximum Gasteiger partial charge on any atom is 0.317 e. The van der Waals surface area contributed by atoms with E-state index in [2.05, 4.69) is 22.8 Å². The first-order chi connectivity index (χ1) is 10.1. The second-order valence-corrected chi connectivity index (χ2v) is 5.45. The highest BCUT2D eigenvalue weighted by Gasteiger charge is 2.23. The van der Waals surface area contributed by atoms with Crippen LogP contribution in [0.4, 0.5) is 4.79 Å². The molecule has 0 bridgehead atoms. The molecule has 0 aromatic heterocycles. The summed E-state index contributed by atoms with van der Waals surface area (Å²) in [7, 11) is 0. The predicted octanol–water partition coefficient (Wildman–Crippen LogP) is 1.54. The van der Waals surface area contributed by atoms with Gasteiger partial charge in [-0.3, -0.25) is 4.79 Å². The van der Waals surface area contributed by atoms with Crippen LogP contribution in [0.2, 0.25) is 0 Å². The normalized spacial score (nSPS) is 18.1. The lowest BCUT2D eigenvalue weighted by molar-refractivity contribution is -0.119. The SMILES string of the molecule is CC(=O)NC1CCCN(C(=O)NCCc2ccccc2)C1. The summed E-state index contributed by atoms with van der Waals surface area (Å²) in [5.74, 6) is -0.0358. The van der Waals surface area contributed by atoms with E-state index in [0.29, 0.717) is 13.1 Å². The molecule has 5 heteroatoms. The summed E-state index contributed by atoms with van der Waals surface area (Å²) in [6, 6.07) is 10.1. The minimum Gasteiger partial charge on any atom is -0.352 e. The standard InChI is InChI=1S/C16H23N3O2/c1-13(20)18-15-8-5-11-19(12-15)16(21)17-10-9-14-6-3-2-4-7-14/h2-4,6-7,15H,5,8-12H2,1H3,(H,17,21)(H,18,20). The first kappa shape index (κ1) is 15.4. The fraction of sp³-hybridized carbons (Fsp3) is 0.500. The van der Waals surface area contributed by atoms with Gasteiger partial charge >= 0.3 is 6.03 Å². The number of carbonyl (C=O) groups excluding carboxylic acids is 2. The number of hydrogen-bond donors (Lipinski definition) is 2. The molecule has 2 N–H and O–H groups in total. The molecule has 0 radical (unpaired) electrons. The summed E-state index contributed by atoms with van der Waals surface area (Å²) in [6.07, 6.45) is 2.69. The molecule has 1 unspecified atom stereocenters. The second kappa shape index (κ2) is 7.67. The molecule has 2 rings (SSSR count). The summed E-state index contributed by atoms with van der Waals surface area (Å²) >= 11 is 0. The van der Waals surface area contributed by atoms with E-state index in [1.807, 2.05) is 18.2 Å². The Hall–Kier alpha value is -2.04. The number of piperidine rings is 1. The zero-order valence-electron chi connectivity index (χ0n) is 12.5. The molecule has 1 aliphatic heterocycles. The van der Waals surface area contributed by atoms with Gasteiger partial charge in [0.1, 0.15) is 0 Å². The van der Waals surface area contributed by atoms with Crippen LogP contribution in [0.3, 0.4) is 0 Å². The largest absolute Gasteiger partial charge is 0.352 e. The summed E-state index contributed by atoms with van der Waals surface area (Å²) in [6.45, 7) is 3.49. The van der Waals surface area contributed by atoms with Gasteiger partial charge in [0.05, 0.1) is 0 Å². The molecule has 1 heterocycles. The van der Waals surface area contributed by atoms with Crippen LogP contribution in [0.1, 0.15) is 25.3 Å². The van der Waals surface area contributed by atoms with Crippen molar-refractivity contribution in [3.05, 3.63) is 35.9 Å². The molecular formula is C16H23N3O2. The number of nitrogens with one attached hydrogen (secondary N) is 2. The van der Waals surface area contributed by atoms with Crippen LogP contribution < -0.4 is 10.6 Å². The fourth-order valence-corrected chi connectivity index (χ4v) is 2.64. The molecule has 1 aromatic rings. The highest BCUT2D eigenvalue weighted by atomic mass is 16.2. The van der Waals surface area contributed by atoms with E-state index >= 15 is 0 Å². The molecule has 5 nitrogen and oxygen atoms in total. The first-order valence-corrected chi connectivity index (χ1v) is 7.49. The Morgan fingerprint density at radius 1 is 1.29 bits per heavy atom. The van der Waals surface area contributed by atoms with Gasteiger partial charge < -0.3 is 15.5 Å². The van der Waals surface area contributed by atoms with Crippen molar-refractivity contribution in [1.29, 1.82) is 0 Å². The number of hydrogen-bond acceptors (Lipinski definition) is 2. The monoisotopic (exact) mass is 289 g/mol. The second-order valence-electron chi connectivity index (χ2n) is 5.45. The molecule has 1 saturated heterocycles. The zero-order valence-corrected chi connectivity index (χ0v) is 12.5. The number of amides is 3. The van der Waals surface area contributed by atoms with Crippen LogP contribution in [-0.4, -0.2) is 42.5 Å². The summed E-state index contributed by atoms with van der Waals surface area (Å²) in [5, 5.41) is 5.84. The minimum absolute atomic E-state index is 0.0358. The van der Waals surface area contributed by atoms with E-state index in [-0.39, 0.29) is 18.0 Å². The molecule has 0 aliphatic carbocycles. The molecule has 1 fully saturated rings. The van der Waals surface area contributed by atoms with Gasteiger partial charge in [0.15, 0.2) is 0 Å². The van der Waals surface area contributed by atoms with E-state index in [1.54, 1.807) is 4.90 Å². The predicted molar refractivity (Wildman–Crippen MR) is 82.0 cm³/mol. The topological polar surface area (TPSA) is 61.4 Å². The lowest BCUT2D eigenvalue weighted by Gasteiger charge is -2.33. The number of nitrogens with zero attached hydrogens (tertiary/aromatic N) is 1. The van der Waals surface area contributed by atoms with Crippen LogP contribution in [0, 0.1) is 0 Å². The lowest BCUT2D eigenvalue weighted by atomic mass is 10.1. The Balaban J connectivity index is 1.73. The third-order valence-corrected chi connectivity index (χ3v) is 3.65. The Labute approximate surface area is 125 Å². The number of benzene rings is 1. The van der Waals surface area contributed by atoms with Gasteiger partial charge in [-0.05, 0) is 24.8 Å².